The van der Waals surface area contributed by atoms with Crippen LogP contribution < -0.4 is 15.4 Å². The van der Waals surface area contributed by atoms with E-state index in [0.29, 0.717) is 22.7 Å². The van der Waals surface area contributed by atoms with E-state index in [1.807, 2.05) is 36.4 Å². The molecule has 3 aromatic carbocycles. The molecule has 182 valence electrons. The topological polar surface area (TPSA) is 70.7 Å². The maximum absolute atomic E-state index is 13.1. The number of halogens is 1. The highest BCUT2D eigenvalue weighted by atomic mass is 35.5. The predicted octanol–water partition coefficient (Wildman–Crippen LogP) is 5.73. The molecule has 0 aromatic heterocycles. The number of nitrogens with one attached hydrogen (secondary N) is 2. The zero-order valence-corrected chi connectivity index (χ0v) is 20.6. The lowest BCUT2D eigenvalue weighted by Crippen LogP contribution is -2.34. The Hall–Kier alpha value is -3.35. The van der Waals surface area contributed by atoms with E-state index in [9.17, 15) is 9.59 Å². The van der Waals surface area contributed by atoms with Crippen molar-refractivity contribution in [3.05, 3.63) is 77.9 Å². The maximum atomic E-state index is 13.1. The van der Waals surface area contributed by atoms with Crippen LogP contribution in [-0.4, -0.2) is 35.9 Å². The molecule has 0 aliphatic carbocycles. The average molecular weight is 492 g/mol. The molecule has 2 aliphatic rings. The summed E-state index contributed by atoms with van der Waals surface area (Å²) in [4.78, 5) is 27.6. The fourth-order valence-corrected chi connectivity index (χ4v) is 4.61. The minimum Gasteiger partial charge on any atom is -0.479 e. The van der Waals surface area contributed by atoms with Gasteiger partial charge < -0.3 is 15.4 Å². The second-order valence-corrected chi connectivity index (χ2v) is 8.99. The number of fused-ring (bicyclic) bond motifs is 1. The fourth-order valence-electron chi connectivity index (χ4n) is 4.61. The van der Waals surface area contributed by atoms with Crippen LogP contribution in [-0.2, 0) is 11.3 Å². The number of hydrogen-bond donors (Lipinski definition) is 2. The third-order valence-electron chi connectivity index (χ3n) is 6.46. The molecular weight excluding hydrogens is 462 g/mol. The molecule has 2 heterocycles. The third kappa shape index (κ3) is 5.66. The summed E-state index contributed by atoms with van der Waals surface area (Å²) < 4.78 is 5.60. The van der Waals surface area contributed by atoms with Crippen LogP contribution in [0.3, 0.4) is 0 Å². The second-order valence-electron chi connectivity index (χ2n) is 8.99. The highest BCUT2D eigenvalue weighted by Crippen LogP contribution is 2.33. The van der Waals surface area contributed by atoms with Crippen LogP contribution in [0.4, 0.5) is 11.4 Å². The number of rotatable bonds is 5. The lowest BCUT2D eigenvalue weighted by atomic mass is 9.96. The van der Waals surface area contributed by atoms with E-state index in [4.69, 9.17) is 4.74 Å². The summed E-state index contributed by atoms with van der Waals surface area (Å²) in [5.74, 6) is 0.215. The average Bonchev–Trinajstić information content (AvgIpc) is 2.86. The van der Waals surface area contributed by atoms with Crippen LogP contribution >= 0.6 is 12.4 Å². The van der Waals surface area contributed by atoms with Gasteiger partial charge >= 0.3 is 0 Å². The summed E-state index contributed by atoms with van der Waals surface area (Å²) in [6.07, 6.45) is 3.20. The van der Waals surface area contributed by atoms with E-state index in [-0.39, 0.29) is 24.2 Å². The molecule has 1 fully saturated rings. The third-order valence-corrected chi connectivity index (χ3v) is 6.46. The van der Waals surface area contributed by atoms with Gasteiger partial charge in [0.25, 0.3) is 11.8 Å². The van der Waals surface area contributed by atoms with Crippen molar-refractivity contribution in [2.45, 2.75) is 38.8 Å². The lowest BCUT2D eigenvalue weighted by Gasteiger charge is -2.27. The summed E-state index contributed by atoms with van der Waals surface area (Å²) >= 11 is 0. The largest absolute Gasteiger partial charge is 0.479 e. The molecule has 5 rings (SSSR count). The Bertz CT molecular complexity index is 1210. The number of ether oxygens (including phenoxy) is 1. The van der Waals surface area contributed by atoms with Gasteiger partial charge in [0.1, 0.15) is 5.75 Å². The Kier molecular flexibility index (Phi) is 7.73. The van der Waals surface area contributed by atoms with Crippen molar-refractivity contribution < 1.29 is 14.3 Å². The molecule has 3 aromatic rings. The monoisotopic (exact) mass is 491 g/mol. The summed E-state index contributed by atoms with van der Waals surface area (Å²) in [5, 5.41) is 5.79. The lowest BCUT2D eigenvalue weighted by molar-refractivity contribution is -0.122. The van der Waals surface area contributed by atoms with Crippen LogP contribution in [0.1, 0.15) is 42.1 Å². The van der Waals surface area contributed by atoms with Gasteiger partial charge in [-0.3, -0.25) is 14.5 Å². The van der Waals surface area contributed by atoms with Crippen molar-refractivity contribution in [2.75, 3.05) is 23.7 Å². The van der Waals surface area contributed by atoms with Gasteiger partial charge in [0.15, 0.2) is 6.10 Å². The first-order chi connectivity index (χ1) is 16.6. The predicted molar refractivity (Wildman–Crippen MR) is 141 cm³/mol. The summed E-state index contributed by atoms with van der Waals surface area (Å²) in [5.41, 5.74) is 5.24. The number of nitrogens with zero attached hydrogens (tertiary/aromatic N) is 1. The van der Waals surface area contributed by atoms with Gasteiger partial charge in [-0.2, -0.15) is 0 Å². The summed E-state index contributed by atoms with van der Waals surface area (Å²) in [7, 11) is 0. The molecule has 0 spiro atoms. The van der Waals surface area contributed by atoms with Crippen molar-refractivity contribution in [2.24, 2.45) is 0 Å². The maximum Gasteiger partial charge on any atom is 0.265 e. The second kappa shape index (κ2) is 10.9. The van der Waals surface area contributed by atoms with E-state index in [1.54, 1.807) is 25.1 Å². The van der Waals surface area contributed by atoms with Crippen molar-refractivity contribution in [1.82, 2.24) is 4.90 Å². The molecule has 2 aliphatic heterocycles. The highest BCUT2D eigenvalue weighted by molar-refractivity contribution is 6.05. The Balaban J connectivity index is 0.00000289. The van der Waals surface area contributed by atoms with E-state index in [1.165, 1.54) is 19.3 Å². The van der Waals surface area contributed by atoms with Crippen molar-refractivity contribution in [1.29, 1.82) is 0 Å². The summed E-state index contributed by atoms with van der Waals surface area (Å²) in [6.45, 7) is 4.71. The molecule has 7 heteroatoms. The first-order valence-corrected chi connectivity index (χ1v) is 11.9. The van der Waals surface area contributed by atoms with Gasteiger partial charge in [0.2, 0.25) is 0 Å². The molecular formula is C28H30ClN3O3. The van der Waals surface area contributed by atoms with Crippen LogP contribution in [0.15, 0.2) is 66.7 Å². The van der Waals surface area contributed by atoms with Crippen molar-refractivity contribution in [3.63, 3.8) is 0 Å². The van der Waals surface area contributed by atoms with E-state index in [0.717, 1.165) is 36.3 Å². The molecule has 0 unspecified atom stereocenters. The zero-order valence-electron chi connectivity index (χ0n) is 19.8. The number of carbonyl (C=O) groups is 2. The van der Waals surface area contributed by atoms with Crippen LogP contribution in [0.5, 0.6) is 5.75 Å². The molecule has 1 atom stereocenters. The van der Waals surface area contributed by atoms with E-state index >= 15 is 0 Å². The minimum absolute atomic E-state index is 0. The normalized spacial score (nSPS) is 17.4. The van der Waals surface area contributed by atoms with Crippen LogP contribution in [0.2, 0.25) is 0 Å². The SMILES string of the molecule is C[C@H]1Oc2ccc(NC(=O)c3ccc(-c4ccccc4)c(CN4CCCCC4)c3)cc2NC1=O.Cl. The molecule has 2 N–H and O–H groups in total. The zero-order chi connectivity index (χ0) is 23.5. The molecule has 0 bridgehead atoms. The first-order valence-electron chi connectivity index (χ1n) is 11.9. The van der Waals surface area contributed by atoms with Crippen LogP contribution in [0, 0.1) is 0 Å². The van der Waals surface area contributed by atoms with Gasteiger partial charge in [0.05, 0.1) is 5.69 Å². The number of carbonyl (C=O) groups excluding carboxylic acids is 2. The Morgan fingerprint density at radius 1 is 1.03 bits per heavy atom. The number of amides is 2. The van der Waals surface area contributed by atoms with Crippen LogP contribution in [0.25, 0.3) is 11.1 Å². The highest BCUT2D eigenvalue weighted by Gasteiger charge is 2.24. The first kappa shape index (κ1) is 24.8. The molecule has 0 saturated carbocycles. The number of anilines is 2. The number of benzene rings is 3. The van der Waals surface area contributed by atoms with Gasteiger partial charge in [-0.1, -0.05) is 42.8 Å². The minimum atomic E-state index is -0.533. The van der Waals surface area contributed by atoms with Gasteiger partial charge in [0, 0.05) is 17.8 Å². The Morgan fingerprint density at radius 2 is 1.80 bits per heavy atom. The van der Waals surface area contributed by atoms with Gasteiger partial charge in [-0.15, -0.1) is 12.4 Å². The standard InChI is InChI=1S/C28H29N3O3.ClH/c1-19-27(32)30-25-17-23(11-13-26(25)34-19)29-28(33)21-10-12-24(20-8-4-2-5-9-20)22(16-21)18-31-14-6-3-7-15-31;/h2,4-5,8-13,16-17,19H,3,6-7,14-15,18H2,1H3,(H,29,33)(H,30,32);1H/t19-;/m1./s1. The molecule has 35 heavy (non-hydrogen) atoms. The van der Waals surface area contributed by atoms with Gasteiger partial charge in [-0.25, -0.2) is 0 Å². The Labute approximate surface area is 212 Å². The fraction of sp³-hybridized carbons (Fsp3) is 0.286. The number of likely N-dealkylation sites (tertiary alicyclic amines) is 1. The van der Waals surface area contributed by atoms with E-state index in [2.05, 4.69) is 27.7 Å². The van der Waals surface area contributed by atoms with E-state index < -0.39 is 6.10 Å². The number of hydrogen-bond acceptors (Lipinski definition) is 4. The number of piperidine rings is 1. The summed E-state index contributed by atoms with van der Waals surface area (Å²) in [6, 6.07) is 21.5. The van der Waals surface area contributed by atoms with Crippen molar-refractivity contribution >= 4 is 35.6 Å². The van der Waals surface area contributed by atoms with Crippen molar-refractivity contribution in [3.8, 4) is 16.9 Å². The Morgan fingerprint density at radius 3 is 2.57 bits per heavy atom. The molecule has 6 nitrogen and oxygen atoms in total. The smallest absolute Gasteiger partial charge is 0.265 e. The molecule has 1 saturated heterocycles. The molecule has 0 radical (unpaired) electrons. The molecule has 2 amide bonds. The quantitative estimate of drug-likeness (QED) is 0.478. The van der Waals surface area contributed by atoms with Gasteiger partial charge in [-0.05, 0) is 79.9 Å².